The van der Waals surface area contributed by atoms with Crippen molar-refractivity contribution >= 4 is 5.91 Å². The molecule has 0 saturated carbocycles. The lowest BCUT2D eigenvalue weighted by Gasteiger charge is -2.18. The number of ether oxygens (including phenoxy) is 3. The van der Waals surface area contributed by atoms with Gasteiger partial charge < -0.3 is 19.5 Å². The normalized spacial score (nSPS) is 11.6. The van der Waals surface area contributed by atoms with Crippen molar-refractivity contribution < 1.29 is 19.0 Å². The van der Waals surface area contributed by atoms with Crippen LogP contribution in [0.25, 0.3) is 0 Å². The van der Waals surface area contributed by atoms with Gasteiger partial charge in [-0.05, 0) is 66.9 Å². The first-order chi connectivity index (χ1) is 15.0. The molecule has 0 aliphatic heterocycles. The zero-order valence-corrected chi connectivity index (χ0v) is 18.3. The van der Waals surface area contributed by atoms with Crippen molar-refractivity contribution in [2.45, 2.75) is 26.8 Å². The van der Waals surface area contributed by atoms with Gasteiger partial charge in [0.1, 0.15) is 11.5 Å². The van der Waals surface area contributed by atoms with Crippen LogP contribution < -0.4 is 19.5 Å². The summed E-state index contributed by atoms with van der Waals surface area (Å²) in [6.45, 7) is 6.73. The minimum Gasteiger partial charge on any atom is -0.493 e. The minimum atomic E-state index is -0.202. The van der Waals surface area contributed by atoms with E-state index in [0.717, 1.165) is 5.56 Å². The molecule has 3 aromatic rings. The fraction of sp³-hybridized carbons (Fsp3) is 0.280. The van der Waals surface area contributed by atoms with E-state index in [0.29, 0.717) is 41.1 Å². The molecule has 0 radical (unpaired) electrons. The summed E-state index contributed by atoms with van der Waals surface area (Å²) in [5.74, 6) is 2.88. The first kappa shape index (κ1) is 22.2. The Bertz CT molecular complexity index is 988. The molecule has 6 heteroatoms. The predicted octanol–water partition coefficient (Wildman–Crippen LogP) is 5.41. The second-order valence-electron chi connectivity index (χ2n) is 7.63. The summed E-state index contributed by atoms with van der Waals surface area (Å²) >= 11 is 0. The highest BCUT2D eigenvalue weighted by atomic mass is 16.5. The summed E-state index contributed by atoms with van der Waals surface area (Å²) in [7, 11) is 1.61. The van der Waals surface area contributed by atoms with E-state index < -0.39 is 0 Å². The summed E-state index contributed by atoms with van der Waals surface area (Å²) in [5, 5.41) is 3.02. The molecule has 0 spiro atoms. The molecule has 31 heavy (non-hydrogen) atoms. The molecular formula is C25H28N2O4. The molecule has 1 amide bonds. The number of rotatable bonds is 9. The number of carbonyl (C=O) groups excluding carboxylic acids is 1. The SMILES string of the molecule is COc1cc(C(C)NC(=O)c2ccc(Oc3cccnc3)cc2)ccc1OCC(C)C. The van der Waals surface area contributed by atoms with Crippen LogP contribution in [0.15, 0.2) is 67.0 Å². The van der Waals surface area contributed by atoms with Crippen molar-refractivity contribution in [2.24, 2.45) is 5.92 Å². The third-order valence-electron chi connectivity index (χ3n) is 4.59. The maximum atomic E-state index is 12.7. The number of nitrogens with zero attached hydrogens (tertiary/aromatic N) is 1. The summed E-state index contributed by atoms with van der Waals surface area (Å²) in [6, 6.07) is 16.1. The van der Waals surface area contributed by atoms with Crippen LogP contribution >= 0.6 is 0 Å². The highest BCUT2D eigenvalue weighted by molar-refractivity contribution is 5.94. The number of pyridine rings is 1. The van der Waals surface area contributed by atoms with Gasteiger partial charge in [0, 0.05) is 11.8 Å². The lowest BCUT2D eigenvalue weighted by Crippen LogP contribution is -2.26. The molecule has 3 rings (SSSR count). The van der Waals surface area contributed by atoms with Crippen LogP contribution in [0, 0.1) is 5.92 Å². The first-order valence-electron chi connectivity index (χ1n) is 10.3. The summed E-state index contributed by atoms with van der Waals surface area (Å²) < 4.78 is 17.0. The molecule has 0 fully saturated rings. The molecule has 6 nitrogen and oxygen atoms in total. The molecule has 0 aliphatic carbocycles. The van der Waals surface area contributed by atoms with Gasteiger partial charge in [-0.3, -0.25) is 9.78 Å². The van der Waals surface area contributed by atoms with Crippen LogP contribution in [0.4, 0.5) is 0 Å². The van der Waals surface area contributed by atoms with Gasteiger partial charge in [-0.2, -0.15) is 0 Å². The first-order valence-corrected chi connectivity index (χ1v) is 10.3. The minimum absolute atomic E-state index is 0.167. The summed E-state index contributed by atoms with van der Waals surface area (Å²) in [4.78, 5) is 16.7. The van der Waals surface area contributed by atoms with Crippen LogP contribution in [0.3, 0.4) is 0 Å². The van der Waals surface area contributed by atoms with Gasteiger partial charge in [-0.15, -0.1) is 0 Å². The van der Waals surface area contributed by atoms with Gasteiger partial charge in [0.15, 0.2) is 11.5 Å². The summed E-state index contributed by atoms with van der Waals surface area (Å²) in [6.07, 6.45) is 3.32. The molecular weight excluding hydrogens is 392 g/mol. The molecule has 2 aromatic carbocycles. The van der Waals surface area contributed by atoms with Gasteiger partial charge in [0.25, 0.3) is 5.91 Å². The van der Waals surface area contributed by atoms with Crippen LogP contribution in [-0.2, 0) is 0 Å². The third kappa shape index (κ3) is 6.22. The molecule has 1 heterocycles. The molecule has 162 valence electrons. The highest BCUT2D eigenvalue weighted by Crippen LogP contribution is 2.31. The van der Waals surface area contributed by atoms with E-state index in [1.807, 2.05) is 31.2 Å². The van der Waals surface area contributed by atoms with Crippen LogP contribution in [0.1, 0.15) is 42.7 Å². The Labute approximate surface area is 183 Å². The molecule has 1 aromatic heterocycles. The maximum Gasteiger partial charge on any atom is 0.251 e. The van der Waals surface area contributed by atoms with Crippen molar-refractivity contribution in [3.63, 3.8) is 0 Å². The van der Waals surface area contributed by atoms with E-state index in [1.165, 1.54) is 0 Å². The number of methoxy groups -OCH3 is 1. The number of carbonyl (C=O) groups is 1. The molecule has 1 atom stereocenters. The maximum absolute atomic E-state index is 12.7. The largest absolute Gasteiger partial charge is 0.493 e. The number of benzene rings is 2. The zero-order chi connectivity index (χ0) is 22.2. The molecule has 0 saturated heterocycles. The van der Waals surface area contributed by atoms with E-state index in [9.17, 15) is 4.79 Å². The third-order valence-corrected chi connectivity index (χ3v) is 4.59. The Morgan fingerprint density at radius 2 is 1.77 bits per heavy atom. The van der Waals surface area contributed by atoms with Crippen molar-refractivity contribution in [1.82, 2.24) is 10.3 Å². The van der Waals surface area contributed by atoms with E-state index in [2.05, 4.69) is 24.1 Å². The van der Waals surface area contributed by atoms with E-state index in [1.54, 1.807) is 49.8 Å². The van der Waals surface area contributed by atoms with Crippen molar-refractivity contribution in [3.8, 4) is 23.0 Å². The van der Waals surface area contributed by atoms with Gasteiger partial charge in [-0.1, -0.05) is 19.9 Å². The zero-order valence-electron chi connectivity index (χ0n) is 18.3. The van der Waals surface area contributed by atoms with Crippen molar-refractivity contribution in [3.05, 3.63) is 78.1 Å². The lowest BCUT2D eigenvalue weighted by molar-refractivity contribution is 0.0940. The Morgan fingerprint density at radius 1 is 1.00 bits per heavy atom. The van der Waals surface area contributed by atoms with E-state index in [4.69, 9.17) is 14.2 Å². The fourth-order valence-electron chi connectivity index (χ4n) is 2.91. The second kappa shape index (κ2) is 10.5. The number of aromatic nitrogens is 1. The molecule has 0 aliphatic rings. The van der Waals surface area contributed by atoms with Crippen molar-refractivity contribution in [2.75, 3.05) is 13.7 Å². The van der Waals surface area contributed by atoms with Gasteiger partial charge >= 0.3 is 0 Å². The van der Waals surface area contributed by atoms with E-state index in [-0.39, 0.29) is 11.9 Å². The molecule has 0 bridgehead atoms. The predicted molar refractivity (Wildman–Crippen MR) is 120 cm³/mol. The Kier molecular flexibility index (Phi) is 7.49. The van der Waals surface area contributed by atoms with Gasteiger partial charge in [0.05, 0.1) is 26.0 Å². The summed E-state index contributed by atoms with van der Waals surface area (Å²) in [5.41, 5.74) is 1.48. The number of hydrogen-bond acceptors (Lipinski definition) is 5. The number of nitrogens with one attached hydrogen (secondary N) is 1. The van der Waals surface area contributed by atoms with Gasteiger partial charge in [-0.25, -0.2) is 0 Å². The topological polar surface area (TPSA) is 69.7 Å². The number of hydrogen-bond donors (Lipinski definition) is 1. The quantitative estimate of drug-likeness (QED) is 0.501. The second-order valence-corrected chi connectivity index (χ2v) is 7.63. The Morgan fingerprint density at radius 3 is 2.42 bits per heavy atom. The smallest absolute Gasteiger partial charge is 0.251 e. The monoisotopic (exact) mass is 420 g/mol. The Balaban J connectivity index is 1.63. The average Bonchev–Trinajstić information content (AvgIpc) is 2.78. The molecule has 1 N–H and O–H groups in total. The highest BCUT2D eigenvalue weighted by Gasteiger charge is 2.15. The van der Waals surface area contributed by atoms with Crippen molar-refractivity contribution in [1.29, 1.82) is 0 Å². The van der Waals surface area contributed by atoms with Crippen LogP contribution in [0.5, 0.6) is 23.0 Å². The average molecular weight is 421 g/mol. The van der Waals surface area contributed by atoms with E-state index >= 15 is 0 Å². The standard InChI is InChI=1S/C25H28N2O4/c1-17(2)16-30-23-12-9-20(14-24(23)29-4)18(3)27-25(28)19-7-10-21(11-8-19)31-22-6-5-13-26-15-22/h5-15,17-18H,16H2,1-4H3,(H,27,28). The fourth-order valence-corrected chi connectivity index (χ4v) is 2.91. The Hall–Kier alpha value is -3.54. The van der Waals surface area contributed by atoms with Crippen LogP contribution in [-0.4, -0.2) is 24.6 Å². The molecule has 1 unspecified atom stereocenters. The van der Waals surface area contributed by atoms with Crippen LogP contribution in [0.2, 0.25) is 0 Å². The van der Waals surface area contributed by atoms with Gasteiger partial charge in [0.2, 0.25) is 0 Å². The lowest BCUT2D eigenvalue weighted by atomic mass is 10.1. The number of amides is 1.